The average molecular weight is 298 g/mol. The van der Waals surface area contributed by atoms with Gasteiger partial charge in [-0.15, -0.1) is 0 Å². The summed E-state index contributed by atoms with van der Waals surface area (Å²) in [7, 11) is -5.11. The largest absolute Gasteiger partial charge is 0.552 e. The van der Waals surface area contributed by atoms with E-state index in [9.17, 15) is 18.9 Å². The monoisotopic (exact) mass is 298 g/mol. The van der Waals surface area contributed by atoms with E-state index in [-0.39, 0.29) is 0 Å². The molecule has 0 saturated carbocycles. The lowest BCUT2D eigenvalue weighted by atomic mass is 10.4. The van der Waals surface area contributed by atoms with Crippen LogP contribution >= 0.6 is 7.82 Å². The molecule has 0 aliphatic carbocycles. The van der Waals surface area contributed by atoms with Gasteiger partial charge in [-0.25, -0.2) is 18.7 Å². The highest BCUT2D eigenvalue weighted by Crippen LogP contribution is 2.52. The molecule has 0 saturated heterocycles. The normalized spacial score (nSPS) is 21.4. The Hall–Kier alpha value is -1.62. The average Bonchev–Trinajstić information content (AvgIpc) is 2.35. The van der Waals surface area contributed by atoms with Crippen LogP contribution in [0.2, 0.25) is 0 Å². The third-order valence-corrected chi connectivity index (χ3v) is 2.47. The van der Waals surface area contributed by atoms with Gasteiger partial charge in [0.05, 0.1) is 0 Å². The van der Waals surface area contributed by atoms with Crippen LogP contribution in [0, 0.1) is 0 Å². The van der Waals surface area contributed by atoms with Crippen LogP contribution in [-0.2, 0) is 42.6 Å². The maximum atomic E-state index is 11.6. The molecular weight excluding hydrogens is 291 g/mol. The van der Waals surface area contributed by atoms with Crippen molar-refractivity contribution < 1.29 is 52.8 Å². The lowest BCUT2D eigenvalue weighted by Crippen LogP contribution is -2.39. The Labute approximate surface area is 104 Å². The van der Waals surface area contributed by atoms with E-state index < -0.39 is 31.5 Å². The molecule has 12 heteroatoms. The first-order valence-electron chi connectivity index (χ1n) is 4.40. The second-order valence-electron chi connectivity index (χ2n) is 2.99. The minimum absolute atomic E-state index is 0.539. The quantitative estimate of drug-likeness (QED) is 0.368. The van der Waals surface area contributed by atoms with Crippen LogP contribution in [0.1, 0.15) is 6.92 Å². The first-order chi connectivity index (χ1) is 8.65. The van der Waals surface area contributed by atoms with E-state index in [2.05, 4.69) is 23.6 Å². The predicted octanol–water partition coefficient (Wildman–Crippen LogP) is -1.14. The molecule has 0 aromatic rings. The Morgan fingerprint density at radius 2 is 1.63 bits per heavy atom. The fourth-order valence-corrected chi connectivity index (χ4v) is 1.47. The fraction of sp³-hybridized carbons (Fsp3) is 0.286. The van der Waals surface area contributed by atoms with Gasteiger partial charge < -0.3 is 10.2 Å². The Balaban J connectivity index is 2.90. The van der Waals surface area contributed by atoms with Crippen LogP contribution in [0.15, 0.2) is 12.2 Å². The van der Waals surface area contributed by atoms with E-state index in [0.29, 0.717) is 19.1 Å². The van der Waals surface area contributed by atoms with Gasteiger partial charge in [0.25, 0.3) is 0 Å². The standard InChI is InChI=1S/C7H7O11P/c1-4(8)7(11,12)16-19(13)17-14-5(9)2-3-6(10)15-18-19/h2-3,11-12H,1H3/b3-2-. The summed E-state index contributed by atoms with van der Waals surface area (Å²) in [6, 6.07) is 0. The molecular formula is C7H7O11P. The van der Waals surface area contributed by atoms with Crippen molar-refractivity contribution >= 4 is 25.5 Å². The molecule has 1 aliphatic heterocycles. The summed E-state index contributed by atoms with van der Waals surface area (Å²) in [5.41, 5.74) is 0. The SMILES string of the molecule is CC(=O)C(O)(O)OP1(=O)OOC(=O)/C=C\C(=O)OO1. The lowest BCUT2D eigenvalue weighted by molar-refractivity contribution is -0.310. The summed E-state index contributed by atoms with van der Waals surface area (Å²) < 4.78 is 23.3. The summed E-state index contributed by atoms with van der Waals surface area (Å²) in [5, 5.41) is 18.1. The Kier molecular flexibility index (Phi) is 4.52. The minimum Gasteiger partial charge on any atom is -0.337 e. The molecule has 0 aromatic carbocycles. The van der Waals surface area contributed by atoms with Crippen LogP contribution in [0.5, 0.6) is 0 Å². The predicted molar refractivity (Wildman–Crippen MR) is 50.0 cm³/mol. The highest BCUT2D eigenvalue weighted by Gasteiger charge is 2.46. The van der Waals surface area contributed by atoms with E-state index in [4.69, 9.17) is 10.2 Å². The zero-order valence-electron chi connectivity index (χ0n) is 9.17. The van der Waals surface area contributed by atoms with Crippen LogP contribution in [0.3, 0.4) is 0 Å². The van der Waals surface area contributed by atoms with Crippen molar-refractivity contribution in [3.63, 3.8) is 0 Å². The highest BCUT2D eigenvalue weighted by atomic mass is 31.2. The molecule has 1 aliphatic rings. The molecule has 11 nitrogen and oxygen atoms in total. The summed E-state index contributed by atoms with van der Waals surface area (Å²) >= 11 is 0. The van der Waals surface area contributed by atoms with Crippen molar-refractivity contribution in [3.05, 3.63) is 12.2 Å². The number of Topliss-reactive ketones (excluding diaryl/α,β-unsaturated/α-hetero) is 1. The molecule has 0 fully saturated rings. The molecule has 0 unspecified atom stereocenters. The molecule has 19 heavy (non-hydrogen) atoms. The summed E-state index contributed by atoms with van der Waals surface area (Å²) in [5.74, 6) is -7.56. The van der Waals surface area contributed by atoms with Crippen LogP contribution < -0.4 is 0 Å². The number of phosphoric acid groups is 1. The van der Waals surface area contributed by atoms with Crippen molar-refractivity contribution in [1.82, 2.24) is 0 Å². The zero-order chi connectivity index (χ0) is 14.7. The van der Waals surface area contributed by atoms with Crippen molar-refractivity contribution in [2.45, 2.75) is 12.9 Å². The van der Waals surface area contributed by atoms with Crippen molar-refractivity contribution in [2.75, 3.05) is 0 Å². The molecule has 2 N–H and O–H groups in total. The van der Waals surface area contributed by atoms with Crippen LogP contribution in [0.4, 0.5) is 0 Å². The van der Waals surface area contributed by atoms with Crippen LogP contribution in [0.25, 0.3) is 0 Å². The van der Waals surface area contributed by atoms with Crippen molar-refractivity contribution in [2.24, 2.45) is 0 Å². The molecule has 1 heterocycles. The van der Waals surface area contributed by atoms with E-state index >= 15 is 0 Å². The molecule has 0 radical (unpaired) electrons. The number of rotatable bonds is 3. The lowest BCUT2D eigenvalue weighted by Gasteiger charge is -2.21. The van der Waals surface area contributed by atoms with Gasteiger partial charge in [0.2, 0.25) is 5.78 Å². The van der Waals surface area contributed by atoms with E-state index in [1.165, 1.54) is 0 Å². The minimum atomic E-state index is -5.11. The van der Waals surface area contributed by atoms with Gasteiger partial charge in [-0.2, -0.15) is 0 Å². The first kappa shape index (κ1) is 15.4. The van der Waals surface area contributed by atoms with Crippen molar-refractivity contribution in [1.29, 1.82) is 0 Å². The maximum absolute atomic E-state index is 11.6. The molecule has 0 spiro atoms. The molecule has 106 valence electrons. The topological polar surface area (TPSA) is 155 Å². The van der Waals surface area contributed by atoms with Gasteiger partial charge in [0.1, 0.15) is 0 Å². The summed E-state index contributed by atoms with van der Waals surface area (Å²) in [4.78, 5) is 40.2. The van der Waals surface area contributed by atoms with Gasteiger partial charge in [-0.1, -0.05) is 9.35 Å². The highest BCUT2D eigenvalue weighted by molar-refractivity contribution is 7.48. The van der Waals surface area contributed by atoms with Crippen LogP contribution in [-0.4, -0.2) is 33.9 Å². The number of hydrogen-bond donors (Lipinski definition) is 2. The van der Waals surface area contributed by atoms with Gasteiger partial charge in [0, 0.05) is 19.1 Å². The van der Waals surface area contributed by atoms with Gasteiger partial charge in [-0.3, -0.25) is 14.6 Å². The van der Waals surface area contributed by atoms with E-state index in [0.717, 1.165) is 0 Å². The molecule has 0 atom stereocenters. The number of carbonyl (C=O) groups is 3. The zero-order valence-corrected chi connectivity index (χ0v) is 10.1. The number of hydrogen-bond acceptors (Lipinski definition) is 11. The number of ketones is 1. The first-order valence-corrected chi connectivity index (χ1v) is 5.86. The molecule has 0 aromatic heterocycles. The van der Waals surface area contributed by atoms with Gasteiger partial charge in [0.15, 0.2) is 0 Å². The van der Waals surface area contributed by atoms with E-state index in [1.54, 1.807) is 0 Å². The molecule has 0 bridgehead atoms. The third-order valence-electron chi connectivity index (χ3n) is 1.47. The summed E-state index contributed by atoms with van der Waals surface area (Å²) in [6.45, 7) is 0.669. The van der Waals surface area contributed by atoms with Crippen molar-refractivity contribution in [3.8, 4) is 0 Å². The third kappa shape index (κ3) is 4.52. The number of aliphatic hydroxyl groups is 2. The second kappa shape index (κ2) is 5.57. The maximum Gasteiger partial charge on any atom is 0.552 e. The van der Waals surface area contributed by atoms with E-state index in [1.807, 2.05) is 0 Å². The van der Waals surface area contributed by atoms with Gasteiger partial charge >= 0.3 is 25.7 Å². The second-order valence-corrected chi connectivity index (χ2v) is 4.37. The number of carbonyl (C=O) groups excluding carboxylic acids is 3. The van der Waals surface area contributed by atoms with Gasteiger partial charge in [-0.05, 0) is 0 Å². The molecule has 0 amide bonds. The Morgan fingerprint density at radius 1 is 1.21 bits per heavy atom. The molecule has 1 rings (SSSR count). The Morgan fingerprint density at radius 3 is 2.00 bits per heavy atom. The fourth-order valence-electron chi connectivity index (χ4n) is 0.619. The smallest absolute Gasteiger partial charge is 0.337 e. The summed E-state index contributed by atoms with van der Waals surface area (Å²) in [6.07, 6.45) is 1.08. The Bertz CT molecular complexity index is 451.